The molecule has 4 aromatic rings. The summed E-state index contributed by atoms with van der Waals surface area (Å²) in [6, 6.07) is 7.84. The van der Waals surface area contributed by atoms with E-state index in [1.54, 1.807) is 6.20 Å². The van der Waals surface area contributed by atoms with Gasteiger partial charge in [0.15, 0.2) is 5.82 Å². The molecule has 37 heavy (non-hydrogen) atoms. The van der Waals surface area contributed by atoms with Crippen LogP contribution < -0.4 is 10.0 Å². The van der Waals surface area contributed by atoms with Crippen molar-refractivity contribution in [1.29, 1.82) is 0 Å². The number of sulfonamides is 1. The summed E-state index contributed by atoms with van der Waals surface area (Å²) in [6.07, 6.45) is 9.60. The fraction of sp³-hybridized carbons (Fsp3) is 0.400. The van der Waals surface area contributed by atoms with Gasteiger partial charge >= 0.3 is 0 Å². The van der Waals surface area contributed by atoms with Gasteiger partial charge < -0.3 is 10.2 Å². The largest absolute Gasteiger partial charge is 0.323 e. The van der Waals surface area contributed by atoms with E-state index < -0.39 is 10.0 Å². The third-order valence-corrected chi connectivity index (χ3v) is 7.06. The molecule has 194 valence electrons. The lowest BCUT2D eigenvalue weighted by Gasteiger charge is -2.39. The molecule has 2 N–H and O–H groups in total. The van der Waals surface area contributed by atoms with E-state index in [4.69, 9.17) is 4.98 Å². The first-order valence-electron chi connectivity index (χ1n) is 12.3. The highest BCUT2D eigenvalue weighted by atomic mass is 32.2. The fourth-order valence-electron chi connectivity index (χ4n) is 4.34. The first-order valence-corrected chi connectivity index (χ1v) is 14.2. The van der Waals surface area contributed by atoms with Crippen LogP contribution in [0.5, 0.6) is 0 Å². The fourth-order valence-corrected chi connectivity index (χ4v) is 5.10. The molecule has 0 aromatic carbocycles. The normalized spacial score (nSPS) is 14.8. The number of anilines is 2. The Morgan fingerprint density at radius 1 is 1.03 bits per heavy atom. The van der Waals surface area contributed by atoms with Gasteiger partial charge in [-0.05, 0) is 42.2 Å². The van der Waals surface area contributed by atoms with E-state index in [9.17, 15) is 8.42 Å². The van der Waals surface area contributed by atoms with E-state index in [0.29, 0.717) is 17.6 Å². The van der Waals surface area contributed by atoms with Crippen LogP contribution in [0.3, 0.4) is 0 Å². The molecular formula is C25H31N9O2S. The second-order valence-electron chi connectivity index (χ2n) is 9.80. The molecular weight excluding hydrogens is 490 g/mol. The molecule has 5 rings (SSSR count). The van der Waals surface area contributed by atoms with Gasteiger partial charge in [0.1, 0.15) is 5.82 Å². The zero-order valence-electron chi connectivity index (χ0n) is 21.2. The molecule has 12 heteroatoms. The number of pyridine rings is 2. The molecule has 0 unspecified atom stereocenters. The average Bonchev–Trinajstić information content (AvgIpc) is 3.30. The predicted octanol–water partition coefficient (Wildman–Crippen LogP) is 2.77. The summed E-state index contributed by atoms with van der Waals surface area (Å²) in [5.41, 5.74) is 4.62. The number of rotatable bonds is 10. The van der Waals surface area contributed by atoms with Gasteiger partial charge in [0.25, 0.3) is 0 Å². The number of aryl methyl sites for hydroxylation is 1. The number of hydrogen-bond acceptors (Lipinski definition) is 9. The third kappa shape index (κ3) is 6.45. The minimum absolute atomic E-state index is 0.0224. The first-order chi connectivity index (χ1) is 17.7. The van der Waals surface area contributed by atoms with Crippen LogP contribution in [0.1, 0.15) is 31.7 Å². The number of aromatic nitrogens is 6. The van der Waals surface area contributed by atoms with Gasteiger partial charge in [0.2, 0.25) is 10.0 Å². The molecule has 0 atom stereocenters. The molecule has 1 saturated heterocycles. The van der Waals surface area contributed by atoms with Crippen LogP contribution in [0.25, 0.3) is 22.2 Å². The number of hydrogen-bond donors (Lipinski definition) is 2. The SMILES string of the molecule is CC(C)c1cnnc(Nc2ccc3ncc(-c4cnn(CCCN5CC(NS(C)(=O)=O)C5)c4)cc3n2)c1. The van der Waals surface area contributed by atoms with Gasteiger partial charge in [-0.2, -0.15) is 10.2 Å². The minimum atomic E-state index is -3.14. The van der Waals surface area contributed by atoms with E-state index in [0.717, 1.165) is 60.3 Å². The molecule has 0 saturated carbocycles. The summed E-state index contributed by atoms with van der Waals surface area (Å²) in [7, 11) is -3.14. The van der Waals surface area contributed by atoms with Gasteiger partial charge in [0.05, 0.1) is 29.7 Å². The lowest BCUT2D eigenvalue weighted by molar-refractivity contribution is 0.137. The number of nitrogens with one attached hydrogen (secondary N) is 2. The van der Waals surface area contributed by atoms with Gasteiger partial charge in [-0.25, -0.2) is 18.1 Å². The highest BCUT2D eigenvalue weighted by molar-refractivity contribution is 7.88. The Morgan fingerprint density at radius 3 is 2.65 bits per heavy atom. The zero-order chi connectivity index (χ0) is 26.0. The Hall–Kier alpha value is -3.48. The first kappa shape index (κ1) is 25.2. The molecule has 0 bridgehead atoms. The summed E-state index contributed by atoms with van der Waals surface area (Å²) >= 11 is 0. The highest BCUT2D eigenvalue weighted by Gasteiger charge is 2.28. The molecule has 0 spiro atoms. The van der Waals surface area contributed by atoms with Crippen LogP contribution in [-0.2, 0) is 16.6 Å². The third-order valence-electron chi connectivity index (χ3n) is 6.30. The van der Waals surface area contributed by atoms with Crippen molar-refractivity contribution in [1.82, 2.24) is 39.6 Å². The van der Waals surface area contributed by atoms with Crippen LogP contribution in [0, 0.1) is 0 Å². The summed E-state index contributed by atoms with van der Waals surface area (Å²) in [6.45, 7) is 7.42. The summed E-state index contributed by atoms with van der Waals surface area (Å²) in [5, 5.41) is 16.0. The van der Waals surface area contributed by atoms with E-state index >= 15 is 0 Å². The monoisotopic (exact) mass is 521 g/mol. The Kier molecular flexibility index (Phi) is 7.13. The highest BCUT2D eigenvalue weighted by Crippen LogP contribution is 2.24. The number of fused-ring (bicyclic) bond motifs is 1. The van der Waals surface area contributed by atoms with Crippen LogP contribution in [0.4, 0.5) is 11.6 Å². The van der Waals surface area contributed by atoms with E-state index in [1.165, 1.54) is 6.26 Å². The number of likely N-dealkylation sites (tertiary alicyclic amines) is 1. The van der Waals surface area contributed by atoms with Crippen molar-refractivity contribution in [3.05, 3.63) is 54.6 Å². The molecule has 5 heterocycles. The molecule has 4 aromatic heterocycles. The number of nitrogens with zero attached hydrogens (tertiary/aromatic N) is 7. The molecule has 1 aliphatic heterocycles. The van der Waals surface area contributed by atoms with Crippen LogP contribution in [-0.4, -0.2) is 75.2 Å². The maximum absolute atomic E-state index is 11.3. The van der Waals surface area contributed by atoms with Crippen molar-refractivity contribution in [2.75, 3.05) is 31.2 Å². The van der Waals surface area contributed by atoms with Crippen LogP contribution in [0.15, 0.2) is 49.1 Å². The van der Waals surface area contributed by atoms with E-state index in [1.807, 2.05) is 47.5 Å². The molecule has 0 aliphatic carbocycles. The lowest BCUT2D eigenvalue weighted by atomic mass is 10.1. The molecule has 0 amide bonds. The van der Waals surface area contributed by atoms with Crippen molar-refractivity contribution in [3.8, 4) is 11.1 Å². The second kappa shape index (κ2) is 10.5. The van der Waals surface area contributed by atoms with Crippen molar-refractivity contribution in [2.45, 2.75) is 38.8 Å². The lowest BCUT2D eigenvalue weighted by Crippen LogP contribution is -2.59. The predicted molar refractivity (Wildman–Crippen MR) is 143 cm³/mol. The smallest absolute Gasteiger partial charge is 0.209 e. The molecule has 11 nitrogen and oxygen atoms in total. The molecule has 0 radical (unpaired) electrons. The van der Waals surface area contributed by atoms with Crippen molar-refractivity contribution < 1.29 is 8.42 Å². The second-order valence-corrected chi connectivity index (χ2v) is 11.6. The Morgan fingerprint density at radius 2 is 1.86 bits per heavy atom. The van der Waals surface area contributed by atoms with Crippen LogP contribution >= 0.6 is 0 Å². The molecule has 1 fully saturated rings. The van der Waals surface area contributed by atoms with Crippen molar-refractivity contribution in [2.24, 2.45) is 0 Å². The van der Waals surface area contributed by atoms with Crippen molar-refractivity contribution in [3.63, 3.8) is 0 Å². The topological polar surface area (TPSA) is 131 Å². The van der Waals surface area contributed by atoms with Gasteiger partial charge in [-0.1, -0.05) is 13.8 Å². The Labute approximate surface area is 216 Å². The summed E-state index contributed by atoms with van der Waals surface area (Å²) in [5.74, 6) is 1.70. The van der Waals surface area contributed by atoms with E-state index in [-0.39, 0.29) is 6.04 Å². The quantitative estimate of drug-likeness (QED) is 0.323. The minimum Gasteiger partial charge on any atom is -0.323 e. The maximum Gasteiger partial charge on any atom is 0.209 e. The standard InChI is InChI=1S/C25H31N9O2S/c1-17(2)18-10-25(31-27-12-18)30-24-6-5-22-23(29-24)9-19(11-26-22)20-13-28-34(14-20)8-4-7-33-15-21(16-33)32-37(3,35)36/h5-6,9-14,17,21,32H,4,7-8,15-16H2,1-3H3,(H,29,30,31). The Balaban J connectivity index is 1.20. The van der Waals surface area contributed by atoms with Gasteiger partial charge in [0, 0.05) is 55.7 Å². The van der Waals surface area contributed by atoms with E-state index in [2.05, 4.69) is 49.1 Å². The molecule has 1 aliphatic rings. The van der Waals surface area contributed by atoms with Gasteiger partial charge in [-0.15, -0.1) is 5.10 Å². The average molecular weight is 522 g/mol. The summed E-state index contributed by atoms with van der Waals surface area (Å²) < 4.78 is 27.2. The van der Waals surface area contributed by atoms with Crippen LogP contribution in [0.2, 0.25) is 0 Å². The zero-order valence-corrected chi connectivity index (χ0v) is 22.0. The maximum atomic E-state index is 11.3. The Bertz CT molecular complexity index is 1500. The van der Waals surface area contributed by atoms with Gasteiger partial charge in [-0.3, -0.25) is 9.67 Å². The summed E-state index contributed by atoms with van der Waals surface area (Å²) in [4.78, 5) is 11.6. The van der Waals surface area contributed by atoms with Crippen molar-refractivity contribution >= 4 is 32.7 Å².